The highest BCUT2D eigenvalue weighted by Gasteiger charge is 2.11. The van der Waals surface area contributed by atoms with Crippen LogP contribution in [0.4, 0.5) is 5.69 Å². The zero-order chi connectivity index (χ0) is 13.8. The molecule has 1 aromatic heterocycles. The molecular weight excluding hydrogens is 260 g/mol. The standard InChI is InChI=1S/C14H16N2O2S/c1-9-2-3-10(6-12(9)15)14(18)16-7-13(17)11-4-5-19-8-11/h2-6,8,13,17H,7,15H2,1H3,(H,16,18). The van der Waals surface area contributed by atoms with Gasteiger partial charge >= 0.3 is 0 Å². The lowest BCUT2D eigenvalue weighted by molar-refractivity contribution is 0.0916. The maximum absolute atomic E-state index is 11.9. The molecule has 4 nitrogen and oxygen atoms in total. The largest absolute Gasteiger partial charge is 0.398 e. The molecule has 4 N–H and O–H groups in total. The number of aliphatic hydroxyl groups excluding tert-OH is 1. The maximum Gasteiger partial charge on any atom is 0.251 e. The van der Waals surface area contributed by atoms with Gasteiger partial charge in [0, 0.05) is 17.8 Å². The van der Waals surface area contributed by atoms with Crippen molar-refractivity contribution in [2.75, 3.05) is 12.3 Å². The fourth-order valence-corrected chi connectivity index (χ4v) is 2.36. The SMILES string of the molecule is Cc1ccc(C(=O)NCC(O)c2ccsc2)cc1N. The van der Waals surface area contributed by atoms with Gasteiger partial charge in [0.05, 0.1) is 6.10 Å². The van der Waals surface area contributed by atoms with Gasteiger partial charge in [-0.3, -0.25) is 4.79 Å². The number of nitrogens with one attached hydrogen (secondary N) is 1. The van der Waals surface area contributed by atoms with Crippen molar-refractivity contribution >= 4 is 22.9 Å². The van der Waals surface area contributed by atoms with Crippen LogP contribution < -0.4 is 11.1 Å². The predicted molar refractivity (Wildman–Crippen MR) is 77.2 cm³/mol. The van der Waals surface area contributed by atoms with Gasteiger partial charge in [-0.1, -0.05) is 6.07 Å². The Hall–Kier alpha value is -1.85. The molecule has 1 aromatic carbocycles. The summed E-state index contributed by atoms with van der Waals surface area (Å²) in [6.07, 6.45) is -0.682. The van der Waals surface area contributed by atoms with Gasteiger partial charge in [0.25, 0.3) is 5.91 Å². The molecule has 0 aliphatic carbocycles. The highest BCUT2D eigenvalue weighted by molar-refractivity contribution is 7.07. The van der Waals surface area contributed by atoms with Gasteiger partial charge in [-0.2, -0.15) is 11.3 Å². The van der Waals surface area contributed by atoms with Crippen LogP contribution in [0.3, 0.4) is 0 Å². The van der Waals surface area contributed by atoms with Crippen LogP contribution >= 0.6 is 11.3 Å². The van der Waals surface area contributed by atoms with Crippen LogP contribution in [0.2, 0.25) is 0 Å². The van der Waals surface area contributed by atoms with Crippen molar-refractivity contribution in [3.8, 4) is 0 Å². The van der Waals surface area contributed by atoms with Crippen LogP contribution in [-0.2, 0) is 0 Å². The smallest absolute Gasteiger partial charge is 0.251 e. The number of nitrogen functional groups attached to an aromatic ring is 1. The zero-order valence-corrected chi connectivity index (χ0v) is 11.4. The first-order valence-electron chi connectivity index (χ1n) is 5.92. The number of aryl methyl sites for hydroxylation is 1. The van der Waals surface area contributed by atoms with Crippen molar-refractivity contribution in [1.29, 1.82) is 0 Å². The average Bonchev–Trinajstić information content (AvgIpc) is 2.92. The Morgan fingerprint density at radius 2 is 2.26 bits per heavy atom. The summed E-state index contributed by atoms with van der Waals surface area (Å²) >= 11 is 1.51. The number of anilines is 1. The molecule has 0 saturated carbocycles. The molecular formula is C14H16N2O2S. The third-order valence-corrected chi connectivity index (χ3v) is 3.63. The van der Waals surface area contributed by atoms with E-state index < -0.39 is 6.10 Å². The van der Waals surface area contributed by atoms with E-state index in [2.05, 4.69) is 5.32 Å². The molecule has 1 unspecified atom stereocenters. The number of thiophene rings is 1. The van der Waals surface area contributed by atoms with Crippen molar-refractivity contribution in [3.05, 3.63) is 51.7 Å². The molecule has 0 aliphatic rings. The van der Waals surface area contributed by atoms with Crippen LogP contribution in [0.5, 0.6) is 0 Å². The van der Waals surface area contributed by atoms with Crippen molar-refractivity contribution < 1.29 is 9.90 Å². The second kappa shape index (κ2) is 5.86. The fraction of sp³-hybridized carbons (Fsp3) is 0.214. The summed E-state index contributed by atoms with van der Waals surface area (Å²) in [5, 5.41) is 16.3. The van der Waals surface area contributed by atoms with Gasteiger partial charge in [0.15, 0.2) is 0 Å². The van der Waals surface area contributed by atoms with Gasteiger partial charge < -0.3 is 16.2 Å². The molecule has 1 amide bonds. The summed E-state index contributed by atoms with van der Waals surface area (Å²) in [5.74, 6) is -0.235. The molecule has 0 bridgehead atoms. The van der Waals surface area contributed by atoms with E-state index in [1.54, 1.807) is 18.2 Å². The van der Waals surface area contributed by atoms with Crippen LogP contribution in [0.1, 0.15) is 27.6 Å². The molecule has 1 heterocycles. The minimum Gasteiger partial charge on any atom is -0.398 e. The van der Waals surface area contributed by atoms with E-state index >= 15 is 0 Å². The van der Waals surface area contributed by atoms with E-state index in [1.165, 1.54) is 11.3 Å². The Balaban J connectivity index is 1.96. The molecule has 5 heteroatoms. The van der Waals surface area contributed by atoms with E-state index in [4.69, 9.17) is 5.73 Å². The number of carbonyl (C=O) groups is 1. The second-order valence-electron chi connectivity index (χ2n) is 4.35. The van der Waals surface area contributed by atoms with Gasteiger partial charge in [0.1, 0.15) is 0 Å². The Labute approximate surface area is 115 Å². The topological polar surface area (TPSA) is 75.3 Å². The first-order valence-corrected chi connectivity index (χ1v) is 6.86. The lowest BCUT2D eigenvalue weighted by Gasteiger charge is -2.11. The Bertz CT molecular complexity index is 567. The third kappa shape index (κ3) is 3.33. The molecule has 2 aromatic rings. The number of aliphatic hydroxyl groups is 1. The molecule has 19 heavy (non-hydrogen) atoms. The lowest BCUT2D eigenvalue weighted by atomic mass is 10.1. The number of hydrogen-bond acceptors (Lipinski definition) is 4. The van der Waals surface area contributed by atoms with E-state index in [1.807, 2.05) is 23.8 Å². The Kier molecular flexibility index (Phi) is 4.19. The summed E-state index contributed by atoms with van der Waals surface area (Å²) in [4.78, 5) is 11.9. The average molecular weight is 276 g/mol. The molecule has 0 fully saturated rings. The number of hydrogen-bond donors (Lipinski definition) is 3. The van der Waals surface area contributed by atoms with Gasteiger partial charge in [-0.25, -0.2) is 0 Å². The maximum atomic E-state index is 11.9. The first kappa shape index (κ1) is 13.6. The fourth-order valence-electron chi connectivity index (χ4n) is 1.66. The van der Waals surface area contributed by atoms with Crippen LogP contribution in [-0.4, -0.2) is 17.6 Å². The number of carbonyl (C=O) groups excluding carboxylic acids is 1. The molecule has 1 atom stereocenters. The number of benzene rings is 1. The van der Waals surface area contributed by atoms with Gasteiger partial charge in [-0.05, 0) is 47.0 Å². The molecule has 0 aliphatic heterocycles. The van der Waals surface area contributed by atoms with Crippen LogP contribution in [0, 0.1) is 6.92 Å². The number of nitrogens with two attached hydrogens (primary N) is 1. The summed E-state index contributed by atoms with van der Waals surface area (Å²) in [5.41, 5.74) is 8.61. The lowest BCUT2D eigenvalue weighted by Crippen LogP contribution is -2.28. The van der Waals surface area contributed by atoms with E-state index in [9.17, 15) is 9.90 Å². The zero-order valence-electron chi connectivity index (χ0n) is 10.6. The summed E-state index contributed by atoms with van der Waals surface area (Å²) in [6.45, 7) is 2.07. The molecule has 0 spiro atoms. The highest BCUT2D eigenvalue weighted by Crippen LogP contribution is 2.16. The predicted octanol–water partition coefficient (Wildman–Crippen LogP) is 2.10. The van der Waals surface area contributed by atoms with Gasteiger partial charge in [-0.15, -0.1) is 0 Å². The molecule has 0 radical (unpaired) electrons. The third-order valence-electron chi connectivity index (χ3n) is 2.93. The van der Waals surface area contributed by atoms with E-state index in [-0.39, 0.29) is 12.5 Å². The van der Waals surface area contributed by atoms with E-state index in [0.717, 1.165) is 11.1 Å². The number of rotatable bonds is 4. The molecule has 0 saturated heterocycles. The van der Waals surface area contributed by atoms with Crippen LogP contribution in [0.15, 0.2) is 35.0 Å². The van der Waals surface area contributed by atoms with Gasteiger partial charge in [0.2, 0.25) is 0 Å². The molecule has 100 valence electrons. The first-order chi connectivity index (χ1) is 9.08. The van der Waals surface area contributed by atoms with Crippen LogP contribution in [0.25, 0.3) is 0 Å². The second-order valence-corrected chi connectivity index (χ2v) is 5.13. The minimum atomic E-state index is -0.682. The van der Waals surface area contributed by atoms with Crippen molar-refractivity contribution in [2.45, 2.75) is 13.0 Å². The van der Waals surface area contributed by atoms with Crippen molar-refractivity contribution in [1.82, 2.24) is 5.32 Å². The van der Waals surface area contributed by atoms with Crippen molar-refractivity contribution in [3.63, 3.8) is 0 Å². The normalized spacial score (nSPS) is 12.1. The van der Waals surface area contributed by atoms with E-state index in [0.29, 0.717) is 11.3 Å². The highest BCUT2D eigenvalue weighted by atomic mass is 32.1. The molecule has 2 rings (SSSR count). The number of amides is 1. The summed E-state index contributed by atoms with van der Waals surface area (Å²) in [7, 11) is 0. The Morgan fingerprint density at radius 3 is 2.89 bits per heavy atom. The summed E-state index contributed by atoms with van der Waals surface area (Å²) < 4.78 is 0. The summed E-state index contributed by atoms with van der Waals surface area (Å²) in [6, 6.07) is 7.00. The monoisotopic (exact) mass is 276 g/mol. The minimum absolute atomic E-state index is 0.184. The van der Waals surface area contributed by atoms with Crippen molar-refractivity contribution in [2.24, 2.45) is 0 Å². The Morgan fingerprint density at radius 1 is 1.47 bits per heavy atom. The quantitative estimate of drug-likeness (QED) is 0.749.